The maximum Gasteiger partial charge on any atom is 0.434 e. The monoisotopic (exact) mass is 307 g/mol. The molecule has 4 N–H and O–H groups in total. The highest BCUT2D eigenvalue weighted by molar-refractivity contribution is 5.34. The van der Waals surface area contributed by atoms with Gasteiger partial charge in [0, 0.05) is 12.5 Å². The van der Waals surface area contributed by atoms with E-state index in [-0.39, 0.29) is 12.4 Å². The Morgan fingerprint density at radius 1 is 1.19 bits per heavy atom. The van der Waals surface area contributed by atoms with Gasteiger partial charge in [-0.05, 0) is 12.8 Å². The Morgan fingerprint density at radius 2 is 1.90 bits per heavy atom. The molecule has 21 heavy (non-hydrogen) atoms. The standard InChI is InChI=1S/C12H16F3N3O3/c13-12(14,15)8-3-16-4-9(18-8)17-7-2-1-6(5-19)10(20)11(7)21/h3-4,6-7,10-11,19-21H,1-2,5H2,(H,17,18)/t6?,7-,10-,11?/m0/s1. The van der Waals surface area contributed by atoms with E-state index >= 15 is 0 Å². The number of hydrogen-bond acceptors (Lipinski definition) is 6. The molecule has 1 aromatic heterocycles. The molecule has 2 rings (SSSR count). The number of nitrogens with one attached hydrogen (secondary N) is 1. The van der Waals surface area contributed by atoms with Gasteiger partial charge in [0.25, 0.3) is 0 Å². The fraction of sp³-hybridized carbons (Fsp3) is 0.667. The molecule has 1 aliphatic rings. The Balaban J connectivity index is 2.08. The summed E-state index contributed by atoms with van der Waals surface area (Å²) in [5.74, 6) is -0.561. The van der Waals surface area contributed by atoms with Crippen LogP contribution >= 0.6 is 0 Å². The lowest BCUT2D eigenvalue weighted by Gasteiger charge is -2.37. The van der Waals surface area contributed by atoms with Crippen LogP contribution in [0.5, 0.6) is 0 Å². The number of rotatable bonds is 3. The molecule has 1 heterocycles. The van der Waals surface area contributed by atoms with Gasteiger partial charge >= 0.3 is 6.18 Å². The van der Waals surface area contributed by atoms with Crippen LogP contribution in [0.1, 0.15) is 18.5 Å². The number of nitrogens with zero attached hydrogens (tertiary/aromatic N) is 2. The molecule has 1 fully saturated rings. The van der Waals surface area contributed by atoms with E-state index in [1.165, 1.54) is 0 Å². The average molecular weight is 307 g/mol. The van der Waals surface area contributed by atoms with Gasteiger partial charge in [-0.1, -0.05) is 0 Å². The molecule has 0 amide bonds. The summed E-state index contributed by atoms with van der Waals surface area (Å²) in [5.41, 5.74) is -1.13. The first-order valence-electron chi connectivity index (χ1n) is 6.45. The van der Waals surface area contributed by atoms with Gasteiger partial charge in [-0.25, -0.2) is 4.98 Å². The van der Waals surface area contributed by atoms with Crippen molar-refractivity contribution in [2.75, 3.05) is 11.9 Å². The number of hydrogen-bond donors (Lipinski definition) is 4. The van der Waals surface area contributed by atoms with Crippen molar-refractivity contribution in [1.29, 1.82) is 0 Å². The Bertz CT molecular complexity index is 486. The van der Waals surface area contributed by atoms with E-state index in [2.05, 4.69) is 15.3 Å². The van der Waals surface area contributed by atoms with Crippen molar-refractivity contribution < 1.29 is 28.5 Å². The van der Waals surface area contributed by atoms with Crippen LogP contribution in [0.4, 0.5) is 19.0 Å². The molecule has 0 radical (unpaired) electrons. The van der Waals surface area contributed by atoms with Crippen molar-refractivity contribution >= 4 is 5.82 Å². The summed E-state index contributed by atoms with van der Waals surface area (Å²) in [5, 5.41) is 31.4. The fourth-order valence-corrected chi connectivity index (χ4v) is 2.37. The smallest absolute Gasteiger partial charge is 0.396 e. The lowest BCUT2D eigenvalue weighted by Crippen LogP contribution is -2.50. The number of halogens is 3. The SMILES string of the molecule is OCC1CC[C@H](Nc2cncc(C(F)(F)F)n2)C(O)[C@H]1O. The molecule has 0 saturated heterocycles. The van der Waals surface area contributed by atoms with Crippen molar-refractivity contribution in [3.8, 4) is 0 Å². The second kappa shape index (κ2) is 6.12. The molecule has 2 unspecified atom stereocenters. The van der Waals surface area contributed by atoms with E-state index in [0.29, 0.717) is 19.0 Å². The molecule has 1 aromatic rings. The zero-order valence-electron chi connectivity index (χ0n) is 11.0. The second-order valence-electron chi connectivity index (χ2n) is 5.04. The molecular weight excluding hydrogens is 291 g/mol. The zero-order valence-corrected chi connectivity index (χ0v) is 11.0. The van der Waals surface area contributed by atoms with Crippen molar-refractivity contribution in [1.82, 2.24) is 9.97 Å². The summed E-state index contributed by atoms with van der Waals surface area (Å²) in [7, 11) is 0. The molecule has 0 spiro atoms. The van der Waals surface area contributed by atoms with Crippen LogP contribution in [0.15, 0.2) is 12.4 Å². The van der Waals surface area contributed by atoms with Crippen molar-refractivity contribution in [2.24, 2.45) is 5.92 Å². The highest BCUT2D eigenvalue weighted by atomic mass is 19.4. The average Bonchev–Trinajstić information content (AvgIpc) is 2.44. The van der Waals surface area contributed by atoms with Crippen LogP contribution in [-0.4, -0.2) is 50.1 Å². The molecule has 9 heteroatoms. The van der Waals surface area contributed by atoms with Gasteiger partial charge in [-0.2, -0.15) is 13.2 Å². The van der Waals surface area contributed by atoms with Crippen LogP contribution < -0.4 is 5.32 Å². The quantitative estimate of drug-likeness (QED) is 0.645. The molecule has 4 atom stereocenters. The highest BCUT2D eigenvalue weighted by Crippen LogP contribution is 2.29. The first-order valence-corrected chi connectivity index (χ1v) is 6.45. The zero-order chi connectivity index (χ0) is 15.6. The minimum absolute atomic E-state index is 0.122. The maximum absolute atomic E-state index is 12.5. The van der Waals surface area contributed by atoms with Gasteiger partial charge in [-0.15, -0.1) is 0 Å². The second-order valence-corrected chi connectivity index (χ2v) is 5.04. The molecule has 1 saturated carbocycles. The number of aliphatic hydroxyl groups excluding tert-OH is 3. The van der Waals surface area contributed by atoms with E-state index in [1.54, 1.807) is 0 Å². The topological polar surface area (TPSA) is 98.5 Å². The minimum atomic E-state index is -4.60. The number of anilines is 1. The molecular formula is C12H16F3N3O3. The first-order chi connectivity index (χ1) is 9.82. The number of alkyl halides is 3. The normalized spacial score (nSPS) is 30.2. The van der Waals surface area contributed by atoms with Crippen LogP contribution in [0.2, 0.25) is 0 Å². The van der Waals surface area contributed by atoms with Gasteiger partial charge in [0.05, 0.1) is 24.5 Å². The lowest BCUT2D eigenvalue weighted by molar-refractivity contribution is -0.141. The number of aliphatic hydroxyl groups is 3. The van der Waals surface area contributed by atoms with Gasteiger partial charge < -0.3 is 20.6 Å². The lowest BCUT2D eigenvalue weighted by atomic mass is 9.82. The Labute approximate surface area is 118 Å². The third kappa shape index (κ3) is 3.60. The van der Waals surface area contributed by atoms with Crippen molar-refractivity contribution in [3.05, 3.63) is 18.1 Å². The van der Waals surface area contributed by atoms with Crippen LogP contribution in [-0.2, 0) is 6.18 Å². The summed E-state index contributed by atoms with van der Waals surface area (Å²) in [6, 6.07) is -0.652. The van der Waals surface area contributed by atoms with E-state index in [9.17, 15) is 23.4 Å². The molecule has 0 aromatic carbocycles. The summed E-state index contributed by atoms with van der Waals surface area (Å²) < 4.78 is 37.6. The van der Waals surface area contributed by atoms with E-state index < -0.39 is 36.0 Å². The maximum atomic E-state index is 12.5. The van der Waals surface area contributed by atoms with Gasteiger partial charge in [0.1, 0.15) is 11.9 Å². The van der Waals surface area contributed by atoms with Gasteiger partial charge in [0.15, 0.2) is 5.69 Å². The number of aromatic nitrogens is 2. The third-order valence-electron chi connectivity index (χ3n) is 3.59. The fourth-order valence-electron chi connectivity index (χ4n) is 2.37. The summed E-state index contributed by atoms with van der Waals surface area (Å²) in [4.78, 5) is 6.86. The van der Waals surface area contributed by atoms with Crippen molar-refractivity contribution in [2.45, 2.75) is 37.3 Å². The Morgan fingerprint density at radius 3 is 2.52 bits per heavy atom. The summed E-state index contributed by atoms with van der Waals surface area (Å²) >= 11 is 0. The Hall–Kier alpha value is -1.45. The minimum Gasteiger partial charge on any atom is -0.396 e. The summed E-state index contributed by atoms with van der Waals surface area (Å²) in [6.07, 6.45) is -4.38. The third-order valence-corrected chi connectivity index (χ3v) is 3.59. The van der Waals surface area contributed by atoms with Crippen LogP contribution in [0, 0.1) is 5.92 Å². The molecule has 1 aliphatic carbocycles. The molecule has 0 bridgehead atoms. The van der Waals surface area contributed by atoms with E-state index in [0.717, 1.165) is 6.20 Å². The van der Waals surface area contributed by atoms with Crippen LogP contribution in [0.25, 0.3) is 0 Å². The highest BCUT2D eigenvalue weighted by Gasteiger charge is 2.38. The predicted molar refractivity (Wildman–Crippen MR) is 66.3 cm³/mol. The van der Waals surface area contributed by atoms with Crippen molar-refractivity contribution in [3.63, 3.8) is 0 Å². The first kappa shape index (κ1) is 15.9. The van der Waals surface area contributed by atoms with Crippen LogP contribution in [0.3, 0.4) is 0 Å². The molecule has 0 aliphatic heterocycles. The van der Waals surface area contributed by atoms with Gasteiger partial charge in [0.2, 0.25) is 0 Å². The molecule has 118 valence electrons. The van der Waals surface area contributed by atoms with E-state index in [4.69, 9.17) is 5.11 Å². The Kier molecular flexibility index (Phi) is 4.64. The molecule has 6 nitrogen and oxygen atoms in total. The van der Waals surface area contributed by atoms with E-state index in [1.807, 2.05) is 0 Å². The largest absolute Gasteiger partial charge is 0.434 e. The predicted octanol–water partition coefficient (Wildman–Crippen LogP) is 0.400. The summed E-state index contributed by atoms with van der Waals surface area (Å²) in [6.45, 7) is -0.256. The van der Waals surface area contributed by atoms with Gasteiger partial charge in [-0.3, -0.25) is 4.98 Å².